The Morgan fingerprint density at radius 3 is 2.31 bits per heavy atom. The van der Waals surface area contributed by atoms with Crippen LogP contribution in [0, 0.1) is 0 Å². The second-order valence-electron chi connectivity index (χ2n) is 3.33. The first-order valence-corrected chi connectivity index (χ1v) is 5.40. The molecule has 0 aliphatic carbocycles. The Hall–Kier alpha value is -1.19. The van der Waals surface area contributed by atoms with Crippen LogP contribution >= 0.6 is 23.2 Å². The molecule has 0 N–H and O–H groups in total. The molecular formula is C11H10Cl2N2O. The molecule has 16 heavy (non-hydrogen) atoms. The lowest BCUT2D eigenvalue weighted by Gasteiger charge is -2.08. The van der Waals surface area contributed by atoms with Crippen molar-refractivity contribution in [3.63, 3.8) is 0 Å². The predicted octanol–water partition coefficient (Wildman–Crippen LogP) is 3.40. The number of rotatable bonds is 2. The standard InChI is InChI=1S/C11H10Cl2N2O/c1-15-4-3-14-11(15)7-5-8(12)10(16-2)9(13)6-7/h3-6H,1-2H3. The van der Waals surface area contributed by atoms with Gasteiger partial charge in [-0.3, -0.25) is 0 Å². The molecule has 0 spiro atoms. The van der Waals surface area contributed by atoms with Gasteiger partial charge in [0.1, 0.15) is 5.82 Å². The van der Waals surface area contributed by atoms with Crippen LogP contribution in [0.1, 0.15) is 0 Å². The summed E-state index contributed by atoms with van der Waals surface area (Å²) < 4.78 is 6.98. The van der Waals surface area contributed by atoms with Crippen molar-refractivity contribution in [2.75, 3.05) is 7.11 Å². The molecule has 0 aliphatic rings. The highest BCUT2D eigenvalue weighted by Gasteiger charge is 2.11. The average molecular weight is 257 g/mol. The van der Waals surface area contributed by atoms with Crippen LogP contribution in [0.25, 0.3) is 11.4 Å². The lowest BCUT2D eigenvalue weighted by molar-refractivity contribution is 0.415. The Morgan fingerprint density at radius 2 is 1.88 bits per heavy atom. The third-order valence-electron chi connectivity index (χ3n) is 2.28. The van der Waals surface area contributed by atoms with E-state index < -0.39 is 0 Å². The van der Waals surface area contributed by atoms with Gasteiger partial charge in [-0.1, -0.05) is 23.2 Å². The van der Waals surface area contributed by atoms with E-state index in [4.69, 9.17) is 27.9 Å². The lowest BCUT2D eigenvalue weighted by Crippen LogP contribution is -1.93. The highest BCUT2D eigenvalue weighted by Crippen LogP contribution is 2.36. The fourth-order valence-corrected chi connectivity index (χ4v) is 2.17. The molecule has 0 atom stereocenters. The fourth-order valence-electron chi connectivity index (χ4n) is 1.53. The molecule has 0 unspecified atom stereocenters. The Kier molecular flexibility index (Phi) is 3.08. The van der Waals surface area contributed by atoms with Gasteiger partial charge < -0.3 is 9.30 Å². The van der Waals surface area contributed by atoms with Crippen LogP contribution < -0.4 is 4.74 Å². The summed E-state index contributed by atoms with van der Waals surface area (Å²) in [6, 6.07) is 3.57. The molecule has 0 fully saturated rings. The summed E-state index contributed by atoms with van der Waals surface area (Å²) in [6.07, 6.45) is 3.59. The Labute approximate surface area is 104 Å². The zero-order chi connectivity index (χ0) is 11.7. The van der Waals surface area contributed by atoms with Crippen LogP contribution in [0.4, 0.5) is 0 Å². The molecule has 1 aromatic heterocycles. The van der Waals surface area contributed by atoms with E-state index in [1.807, 2.05) is 17.8 Å². The zero-order valence-electron chi connectivity index (χ0n) is 8.87. The van der Waals surface area contributed by atoms with E-state index in [1.54, 1.807) is 18.3 Å². The maximum absolute atomic E-state index is 6.06. The summed E-state index contributed by atoms with van der Waals surface area (Å²) in [4.78, 5) is 4.23. The summed E-state index contributed by atoms with van der Waals surface area (Å²) in [5, 5.41) is 0.959. The topological polar surface area (TPSA) is 27.1 Å². The van der Waals surface area contributed by atoms with Gasteiger partial charge >= 0.3 is 0 Å². The number of aryl methyl sites for hydroxylation is 1. The summed E-state index contributed by atoms with van der Waals surface area (Å²) in [7, 11) is 3.45. The van der Waals surface area contributed by atoms with Crippen molar-refractivity contribution in [2.24, 2.45) is 7.05 Å². The summed E-state index contributed by atoms with van der Waals surface area (Å²) >= 11 is 12.1. The van der Waals surface area contributed by atoms with Gasteiger partial charge in [0.25, 0.3) is 0 Å². The highest BCUT2D eigenvalue weighted by atomic mass is 35.5. The second kappa shape index (κ2) is 4.36. The lowest BCUT2D eigenvalue weighted by atomic mass is 10.2. The van der Waals surface area contributed by atoms with Crippen molar-refractivity contribution in [3.8, 4) is 17.1 Å². The number of methoxy groups -OCH3 is 1. The van der Waals surface area contributed by atoms with E-state index in [0.717, 1.165) is 11.4 Å². The van der Waals surface area contributed by atoms with Crippen molar-refractivity contribution in [2.45, 2.75) is 0 Å². The Bertz CT molecular complexity index is 499. The first-order valence-electron chi connectivity index (χ1n) is 4.64. The molecule has 0 saturated carbocycles. The van der Waals surface area contributed by atoms with E-state index in [0.29, 0.717) is 15.8 Å². The quantitative estimate of drug-likeness (QED) is 0.824. The molecule has 3 nitrogen and oxygen atoms in total. The van der Waals surface area contributed by atoms with Gasteiger partial charge in [0.05, 0.1) is 17.2 Å². The summed E-state index contributed by atoms with van der Waals surface area (Å²) in [5.74, 6) is 1.30. The van der Waals surface area contributed by atoms with E-state index in [9.17, 15) is 0 Å². The van der Waals surface area contributed by atoms with Gasteiger partial charge in [0, 0.05) is 25.0 Å². The SMILES string of the molecule is COc1c(Cl)cc(-c2nccn2C)cc1Cl. The van der Waals surface area contributed by atoms with Gasteiger partial charge in [-0.2, -0.15) is 0 Å². The van der Waals surface area contributed by atoms with Crippen LogP contribution in [0.2, 0.25) is 10.0 Å². The molecule has 0 amide bonds. The Morgan fingerprint density at radius 1 is 1.25 bits per heavy atom. The average Bonchev–Trinajstić information content (AvgIpc) is 2.64. The Balaban J connectivity index is 2.57. The van der Waals surface area contributed by atoms with Crippen LogP contribution in [0.3, 0.4) is 0 Å². The molecule has 1 aromatic carbocycles. The van der Waals surface area contributed by atoms with E-state index in [1.165, 1.54) is 7.11 Å². The molecule has 0 radical (unpaired) electrons. The van der Waals surface area contributed by atoms with Crippen molar-refractivity contribution < 1.29 is 4.74 Å². The van der Waals surface area contributed by atoms with Crippen molar-refractivity contribution >= 4 is 23.2 Å². The third-order valence-corrected chi connectivity index (χ3v) is 2.84. The van der Waals surface area contributed by atoms with Gasteiger partial charge in [0.2, 0.25) is 0 Å². The van der Waals surface area contributed by atoms with Crippen LogP contribution in [0.15, 0.2) is 24.5 Å². The normalized spacial score (nSPS) is 10.5. The monoisotopic (exact) mass is 256 g/mol. The first-order chi connectivity index (χ1) is 7.63. The van der Waals surface area contributed by atoms with Crippen LogP contribution in [-0.2, 0) is 7.05 Å². The van der Waals surface area contributed by atoms with Gasteiger partial charge in [0.15, 0.2) is 5.75 Å². The number of halogens is 2. The number of benzene rings is 1. The van der Waals surface area contributed by atoms with Crippen LogP contribution in [0.5, 0.6) is 5.75 Å². The number of hydrogen-bond acceptors (Lipinski definition) is 2. The molecule has 1 heterocycles. The van der Waals surface area contributed by atoms with E-state index in [2.05, 4.69) is 4.98 Å². The molecule has 0 saturated heterocycles. The minimum absolute atomic E-state index is 0.480. The number of aromatic nitrogens is 2. The molecule has 0 bridgehead atoms. The summed E-state index contributed by atoms with van der Waals surface area (Å²) in [5.41, 5.74) is 0.864. The minimum Gasteiger partial charge on any atom is -0.494 e. The number of ether oxygens (including phenoxy) is 1. The first kappa shape index (κ1) is 11.3. The number of nitrogens with zero attached hydrogens (tertiary/aromatic N) is 2. The largest absolute Gasteiger partial charge is 0.494 e. The summed E-state index contributed by atoms with van der Waals surface area (Å²) in [6.45, 7) is 0. The second-order valence-corrected chi connectivity index (χ2v) is 4.15. The molecule has 5 heteroatoms. The minimum atomic E-state index is 0.480. The number of imidazole rings is 1. The molecule has 0 aliphatic heterocycles. The fraction of sp³-hybridized carbons (Fsp3) is 0.182. The number of hydrogen-bond donors (Lipinski definition) is 0. The molecule has 2 aromatic rings. The van der Waals surface area contributed by atoms with Crippen molar-refractivity contribution in [1.29, 1.82) is 0 Å². The maximum Gasteiger partial charge on any atom is 0.156 e. The predicted molar refractivity (Wildman–Crippen MR) is 65.2 cm³/mol. The van der Waals surface area contributed by atoms with Gasteiger partial charge in [-0.05, 0) is 12.1 Å². The van der Waals surface area contributed by atoms with E-state index in [-0.39, 0.29) is 0 Å². The van der Waals surface area contributed by atoms with Crippen LogP contribution in [-0.4, -0.2) is 16.7 Å². The molecular weight excluding hydrogens is 247 g/mol. The highest BCUT2D eigenvalue weighted by molar-refractivity contribution is 6.37. The molecule has 84 valence electrons. The maximum atomic E-state index is 6.06. The van der Waals surface area contributed by atoms with E-state index >= 15 is 0 Å². The van der Waals surface area contributed by atoms with Gasteiger partial charge in [-0.25, -0.2) is 4.98 Å². The third kappa shape index (κ3) is 1.88. The zero-order valence-corrected chi connectivity index (χ0v) is 10.4. The van der Waals surface area contributed by atoms with Crippen molar-refractivity contribution in [3.05, 3.63) is 34.6 Å². The smallest absolute Gasteiger partial charge is 0.156 e. The van der Waals surface area contributed by atoms with Crippen molar-refractivity contribution in [1.82, 2.24) is 9.55 Å². The van der Waals surface area contributed by atoms with Gasteiger partial charge in [-0.15, -0.1) is 0 Å². The molecule has 2 rings (SSSR count).